The molecule has 72 valence electrons. The van der Waals surface area contributed by atoms with Crippen LogP contribution in [0.3, 0.4) is 0 Å². The Kier molecular flexibility index (Phi) is 2.77. The number of nitrogens with one attached hydrogen (secondary N) is 1. The van der Waals surface area contributed by atoms with E-state index in [1.54, 1.807) is 26.0 Å². The summed E-state index contributed by atoms with van der Waals surface area (Å²) in [5, 5.41) is 9.39. The normalized spacial score (nSPS) is 10.4. The van der Waals surface area contributed by atoms with Crippen molar-refractivity contribution in [2.75, 3.05) is 4.72 Å². The lowest BCUT2D eigenvalue weighted by molar-refractivity contribution is 0.467. The molecule has 13 heavy (non-hydrogen) atoms. The van der Waals surface area contributed by atoms with Gasteiger partial charge in [0, 0.05) is 5.69 Å². The first kappa shape index (κ1) is 9.85. The number of thiol groups is 1. The minimum Gasteiger partial charge on any atom is -0.507 e. The topological polar surface area (TPSA) is 66.4 Å². The van der Waals surface area contributed by atoms with Crippen LogP contribution in [0.4, 0.5) is 5.69 Å². The quantitative estimate of drug-likeness (QED) is 0.493. The zero-order valence-corrected chi connectivity index (χ0v) is 8.26. The fourth-order valence-corrected chi connectivity index (χ4v) is 1.47. The number of hydrogen-bond acceptors (Lipinski definition) is 3. The Balaban J connectivity index is 3.13. The molecule has 0 aliphatic heterocycles. The van der Waals surface area contributed by atoms with Crippen molar-refractivity contribution in [3.05, 3.63) is 23.3 Å². The molecular formula is C8H11NO3S. The number of phenolic OH excluding ortho intramolecular Hbond substituents is 1. The number of rotatable bonds is 2. The van der Waals surface area contributed by atoms with E-state index in [0.717, 1.165) is 0 Å². The maximum absolute atomic E-state index is 10.3. The largest absolute Gasteiger partial charge is 0.507 e. The van der Waals surface area contributed by atoms with E-state index in [9.17, 15) is 13.5 Å². The predicted octanol–water partition coefficient (Wildman–Crippen LogP) is 0.947. The van der Waals surface area contributed by atoms with Crippen LogP contribution in [-0.2, 0) is 10.9 Å². The van der Waals surface area contributed by atoms with Gasteiger partial charge in [-0.25, -0.2) is 8.42 Å². The lowest BCUT2D eigenvalue weighted by atomic mass is 10.1. The number of hydrogen-bond donors (Lipinski definition) is 3. The summed E-state index contributed by atoms with van der Waals surface area (Å²) in [4.78, 5) is 0. The monoisotopic (exact) mass is 201 g/mol. The van der Waals surface area contributed by atoms with E-state index < -0.39 is 10.9 Å². The number of benzene rings is 1. The zero-order valence-electron chi connectivity index (χ0n) is 7.37. The first-order valence-electron chi connectivity index (χ1n) is 3.72. The molecule has 0 saturated heterocycles. The summed E-state index contributed by atoms with van der Waals surface area (Å²) >= 11 is 0. The molecule has 1 rings (SSSR count). The van der Waals surface area contributed by atoms with Crippen LogP contribution in [0, 0.1) is 13.8 Å². The second-order valence-electron chi connectivity index (χ2n) is 2.83. The van der Waals surface area contributed by atoms with E-state index >= 15 is 0 Å². The molecular weight excluding hydrogens is 190 g/mol. The summed E-state index contributed by atoms with van der Waals surface area (Å²) in [5.74, 6) is 0.201. The summed E-state index contributed by atoms with van der Waals surface area (Å²) < 4.78 is 22.9. The van der Waals surface area contributed by atoms with E-state index in [2.05, 4.69) is 4.72 Å². The third kappa shape index (κ3) is 2.35. The summed E-state index contributed by atoms with van der Waals surface area (Å²) in [6.45, 7) is 3.43. The summed E-state index contributed by atoms with van der Waals surface area (Å²) in [6, 6.07) is 3.15. The summed E-state index contributed by atoms with van der Waals surface area (Å²) in [5.41, 5.74) is 1.78. The second kappa shape index (κ2) is 3.66. The van der Waals surface area contributed by atoms with Crippen LogP contribution >= 0.6 is 0 Å². The third-order valence-electron chi connectivity index (χ3n) is 1.71. The number of anilines is 1. The third-order valence-corrected chi connectivity index (χ3v) is 2.15. The molecule has 0 amide bonds. The number of aromatic hydroxyl groups is 1. The van der Waals surface area contributed by atoms with Crippen molar-refractivity contribution >= 4 is 16.6 Å². The van der Waals surface area contributed by atoms with Crippen molar-refractivity contribution in [3.8, 4) is 5.75 Å². The van der Waals surface area contributed by atoms with Crippen LogP contribution < -0.4 is 4.72 Å². The van der Waals surface area contributed by atoms with Gasteiger partial charge in [0.1, 0.15) is 5.75 Å². The van der Waals surface area contributed by atoms with E-state index in [-0.39, 0.29) is 5.75 Å². The van der Waals surface area contributed by atoms with Crippen molar-refractivity contribution in [1.82, 2.24) is 0 Å². The molecule has 0 spiro atoms. The molecule has 0 saturated carbocycles. The zero-order chi connectivity index (χ0) is 10.0. The van der Waals surface area contributed by atoms with Crippen molar-refractivity contribution in [2.24, 2.45) is 0 Å². The van der Waals surface area contributed by atoms with Crippen LogP contribution in [-0.4, -0.2) is 13.5 Å². The molecule has 0 aliphatic carbocycles. The molecule has 0 atom stereocenters. The predicted molar refractivity (Wildman–Crippen MR) is 51.5 cm³/mol. The molecule has 0 heterocycles. The van der Waals surface area contributed by atoms with Crippen LogP contribution in [0.25, 0.3) is 0 Å². The van der Waals surface area contributed by atoms with Gasteiger partial charge in [-0.05, 0) is 37.1 Å². The molecule has 0 aliphatic rings. The smallest absolute Gasteiger partial charge is 0.222 e. The average Bonchev–Trinajstić information content (AvgIpc) is 1.98. The minimum absolute atomic E-state index is 0.201. The maximum Gasteiger partial charge on any atom is 0.222 e. The van der Waals surface area contributed by atoms with Crippen molar-refractivity contribution in [1.29, 1.82) is 0 Å². The molecule has 4 nitrogen and oxygen atoms in total. The molecule has 1 aromatic carbocycles. The molecule has 5 heteroatoms. The van der Waals surface area contributed by atoms with Gasteiger partial charge in [0.05, 0.1) is 0 Å². The van der Waals surface area contributed by atoms with Gasteiger partial charge in [0.15, 0.2) is 0 Å². The highest BCUT2D eigenvalue weighted by Gasteiger charge is 2.02. The molecule has 0 unspecified atom stereocenters. The highest BCUT2D eigenvalue weighted by molar-refractivity contribution is 7.73. The van der Waals surface area contributed by atoms with Gasteiger partial charge in [-0.1, -0.05) is 0 Å². The Morgan fingerprint density at radius 3 is 2.08 bits per heavy atom. The first-order chi connectivity index (χ1) is 6.00. The van der Waals surface area contributed by atoms with Crippen molar-refractivity contribution in [2.45, 2.75) is 13.8 Å². The Morgan fingerprint density at radius 1 is 1.23 bits per heavy atom. The van der Waals surface area contributed by atoms with Gasteiger partial charge in [-0.3, -0.25) is 4.72 Å². The van der Waals surface area contributed by atoms with E-state index in [1.807, 2.05) is 0 Å². The fourth-order valence-electron chi connectivity index (χ4n) is 1.13. The van der Waals surface area contributed by atoms with Crippen LogP contribution in [0.1, 0.15) is 11.1 Å². The Morgan fingerprint density at radius 2 is 1.69 bits per heavy atom. The molecule has 2 N–H and O–H groups in total. The van der Waals surface area contributed by atoms with Crippen molar-refractivity contribution < 1.29 is 13.5 Å². The van der Waals surface area contributed by atoms with Gasteiger partial charge < -0.3 is 5.11 Å². The molecule has 0 fully saturated rings. The molecule has 1 aromatic rings. The van der Waals surface area contributed by atoms with Gasteiger partial charge in [0.25, 0.3) is 0 Å². The lowest BCUT2D eigenvalue weighted by Gasteiger charge is -2.06. The maximum atomic E-state index is 10.3. The summed E-state index contributed by atoms with van der Waals surface area (Å²) in [7, 11) is -2.64. The van der Waals surface area contributed by atoms with E-state index in [0.29, 0.717) is 16.8 Å². The SMILES string of the molecule is Cc1cc(N[SH](=O)=O)cc(C)c1O. The fraction of sp³-hybridized carbons (Fsp3) is 0.250. The van der Waals surface area contributed by atoms with Crippen LogP contribution in [0.15, 0.2) is 12.1 Å². The van der Waals surface area contributed by atoms with Crippen LogP contribution in [0.5, 0.6) is 5.75 Å². The highest BCUT2D eigenvalue weighted by atomic mass is 32.2. The van der Waals surface area contributed by atoms with Gasteiger partial charge in [-0.15, -0.1) is 0 Å². The Hall–Kier alpha value is -1.23. The average molecular weight is 201 g/mol. The molecule has 0 aromatic heterocycles. The van der Waals surface area contributed by atoms with Gasteiger partial charge in [0.2, 0.25) is 10.9 Å². The van der Waals surface area contributed by atoms with Crippen LogP contribution in [0.2, 0.25) is 0 Å². The van der Waals surface area contributed by atoms with E-state index in [4.69, 9.17) is 0 Å². The standard InChI is InChI=1S/C8H11NO3S/c1-5-3-7(9-13(11)12)4-6(2)8(5)10/h3-4,10,13H,1-2H3,(H,9,11,12). The number of aryl methyl sites for hydroxylation is 2. The Labute approximate surface area is 78.3 Å². The number of phenols is 1. The van der Waals surface area contributed by atoms with Crippen molar-refractivity contribution in [3.63, 3.8) is 0 Å². The lowest BCUT2D eigenvalue weighted by Crippen LogP contribution is -1.96. The molecule has 0 radical (unpaired) electrons. The summed E-state index contributed by atoms with van der Waals surface area (Å²) in [6.07, 6.45) is 0. The Bertz CT molecular complexity index is 367. The minimum atomic E-state index is -2.64. The van der Waals surface area contributed by atoms with Gasteiger partial charge in [-0.2, -0.15) is 0 Å². The van der Waals surface area contributed by atoms with E-state index in [1.165, 1.54) is 0 Å². The first-order valence-corrected chi connectivity index (χ1v) is 4.89. The second-order valence-corrected chi connectivity index (χ2v) is 3.57. The highest BCUT2D eigenvalue weighted by Crippen LogP contribution is 2.25. The molecule has 0 bridgehead atoms. The van der Waals surface area contributed by atoms with Gasteiger partial charge >= 0.3 is 0 Å².